The second-order valence-electron chi connectivity index (χ2n) is 5.83. The largest absolute Gasteiger partial charge is 0.490 e. The number of benzene rings is 2. The minimum absolute atomic E-state index is 0.306. The molecule has 3 aromatic rings. The SMILES string of the molecule is Cc1ccc2c(CN3CCOc4ccccc43)cc(=O)oc2c1. The second-order valence-corrected chi connectivity index (χ2v) is 5.83. The molecular weight excluding hydrogens is 290 g/mol. The van der Waals surface area contributed by atoms with Gasteiger partial charge in [-0.15, -0.1) is 0 Å². The molecule has 0 radical (unpaired) electrons. The topological polar surface area (TPSA) is 42.7 Å². The zero-order valence-corrected chi connectivity index (χ0v) is 12.9. The van der Waals surface area contributed by atoms with E-state index in [9.17, 15) is 4.79 Å². The van der Waals surface area contributed by atoms with Crippen molar-refractivity contribution in [1.82, 2.24) is 0 Å². The fourth-order valence-electron chi connectivity index (χ4n) is 3.06. The van der Waals surface area contributed by atoms with Crippen molar-refractivity contribution in [1.29, 1.82) is 0 Å². The van der Waals surface area contributed by atoms with Crippen LogP contribution in [-0.2, 0) is 6.54 Å². The molecule has 0 saturated carbocycles. The first kappa shape index (κ1) is 13.9. The fourth-order valence-corrected chi connectivity index (χ4v) is 3.06. The average Bonchev–Trinajstić information content (AvgIpc) is 2.54. The van der Waals surface area contributed by atoms with Crippen LogP contribution in [0.1, 0.15) is 11.1 Å². The van der Waals surface area contributed by atoms with Crippen LogP contribution < -0.4 is 15.3 Å². The highest BCUT2D eigenvalue weighted by atomic mass is 16.5. The summed E-state index contributed by atoms with van der Waals surface area (Å²) in [6, 6.07) is 15.6. The zero-order valence-electron chi connectivity index (χ0n) is 12.9. The maximum absolute atomic E-state index is 11.9. The molecule has 0 aliphatic carbocycles. The molecular formula is C19H17NO3. The predicted octanol–water partition coefficient (Wildman–Crippen LogP) is 3.50. The third kappa shape index (κ3) is 2.57. The Labute approximate surface area is 133 Å². The Morgan fingerprint density at radius 2 is 2.00 bits per heavy atom. The molecule has 0 saturated heterocycles. The molecule has 116 valence electrons. The molecule has 4 nitrogen and oxygen atoms in total. The average molecular weight is 307 g/mol. The highest BCUT2D eigenvalue weighted by Gasteiger charge is 2.19. The molecule has 23 heavy (non-hydrogen) atoms. The van der Waals surface area contributed by atoms with Gasteiger partial charge in [-0.3, -0.25) is 0 Å². The van der Waals surface area contributed by atoms with Gasteiger partial charge in [0.25, 0.3) is 0 Å². The van der Waals surface area contributed by atoms with E-state index < -0.39 is 0 Å². The molecule has 1 aromatic heterocycles. The molecule has 0 atom stereocenters. The standard InChI is InChI=1S/C19H17NO3/c1-13-6-7-15-14(11-19(21)23-18(15)10-13)12-20-8-9-22-17-5-3-2-4-16(17)20/h2-7,10-11H,8-9,12H2,1H3. The van der Waals surface area contributed by atoms with Crippen molar-refractivity contribution < 1.29 is 9.15 Å². The summed E-state index contributed by atoms with van der Waals surface area (Å²) in [6.07, 6.45) is 0. The number of para-hydroxylation sites is 2. The summed E-state index contributed by atoms with van der Waals surface area (Å²) in [7, 11) is 0. The van der Waals surface area contributed by atoms with Crippen LogP contribution in [0.25, 0.3) is 11.0 Å². The van der Waals surface area contributed by atoms with Gasteiger partial charge in [-0.25, -0.2) is 4.79 Å². The second kappa shape index (κ2) is 5.47. The summed E-state index contributed by atoms with van der Waals surface area (Å²) in [5.41, 5.74) is 3.46. The normalized spacial score (nSPS) is 13.7. The Morgan fingerprint density at radius 1 is 1.13 bits per heavy atom. The van der Waals surface area contributed by atoms with Crippen molar-refractivity contribution in [2.75, 3.05) is 18.1 Å². The fraction of sp³-hybridized carbons (Fsp3) is 0.211. The van der Waals surface area contributed by atoms with Gasteiger partial charge in [-0.2, -0.15) is 0 Å². The number of nitrogens with zero attached hydrogens (tertiary/aromatic N) is 1. The van der Waals surface area contributed by atoms with E-state index in [2.05, 4.69) is 4.90 Å². The molecule has 4 rings (SSSR count). The monoisotopic (exact) mass is 307 g/mol. The van der Waals surface area contributed by atoms with Crippen LogP contribution >= 0.6 is 0 Å². The van der Waals surface area contributed by atoms with E-state index in [0.29, 0.717) is 18.7 Å². The van der Waals surface area contributed by atoms with Crippen molar-refractivity contribution >= 4 is 16.7 Å². The highest BCUT2D eigenvalue weighted by molar-refractivity contribution is 5.81. The molecule has 0 spiro atoms. The first-order valence-electron chi connectivity index (χ1n) is 7.71. The van der Waals surface area contributed by atoms with Gasteiger partial charge in [0.05, 0.1) is 12.2 Å². The van der Waals surface area contributed by atoms with Gasteiger partial charge in [0, 0.05) is 18.0 Å². The molecule has 1 aliphatic rings. The van der Waals surface area contributed by atoms with E-state index in [0.717, 1.165) is 34.5 Å². The molecule has 1 aliphatic heterocycles. The van der Waals surface area contributed by atoms with Crippen LogP contribution in [0.15, 0.2) is 57.7 Å². The Morgan fingerprint density at radius 3 is 2.91 bits per heavy atom. The van der Waals surface area contributed by atoms with Crippen molar-refractivity contribution in [3.8, 4) is 5.75 Å². The van der Waals surface area contributed by atoms with Crippen LogP contribution in [0.3, 0.4) is 0 Å². The molecule has 0 unspecified atom stereocenters. The van der Waals surface area contributed by atoms with Gasteiger partial charge in [0.1, 0.15) is 17.9 Å². The molecule has 0 bridgehead atoms. The maximum atomic E-state index is 11.9. The smallest absolute Gasteiger partial charge is 0.336 e. The molecule has 4 heteroatoms. The summed E-state index contributed by atoms with van der Waals surface area (Å²) in [5.74, 6) is 0.891. The van der Waals surface area contributed by atoms with E-state index in [-0.39, 0.29) is 5.63 Å². The predicted molar refractivity (Wildman–Crippen MR) is 90.2 cm³/mol. The molecule has 0 amide bonds. The number of anilines is 1. The summed E-state index contributed by atoms with van der Waals surface area (Å²) in [5, 5.41) is 0.985. The third-order valence-electron chi connectivity index (χ3n) is 4.17. The summed E-state index contributed by atoms with van der Waals surface area (Å²) in [6.45, 7) is 4.09. The van der Waals surface area contributed by atoms with Crippen LogP contribution in [0.4, 0.5) is 5.69 Å². The van der Waals surface area contributed by atoms with Crippen molar-refractivity contribution in [3.63, 3.8) is 0 Å². The summed E-state index contributed by atoms with van der Waals surface area (Å²) < 4.78 is 11.0. The Bertz CT molecular complexity index is 929. The van der Waals surface area contributed by atoms with Crippen LogP contribution in [-0.4, -0.2) is 13.2 Å². The minimum atomic E-state index is -0.306. The Balaban J connectivity index is 1.78. The van der Waals surface area contributed by atoms with E-state index in [4.69, 9.17) is 9.15 Å². The molecule has 0 fully saturated rings. The van der Waals surface area contributed by atoms with Crippen molar-refractivity contribution in [2.45, 2.75) is 13.5 Å². The summed E-state index contributed by atoms with van der Waals surface area (Å²) >= 11 is 0. The minimum Gasteiger partial charge on any atom is -0.490 e. The molecule has 2 aromatic carbocycles. The van der Waals surface area contributed by atoms with Crippen molar-refractivity contribution in [2.24, 2.45) is 0 Å². The number of hydrogen-bond acceptors (Lipinski definition) is 4. The molecule has 2 heterocycles. The van der Waals surface area contributed by atoms with Crippen LogP contribution in [0.5, 0.6) is 5.75 Å². The van der Waals surface area contributed by atoms with Gasteiger partial charge in [0.2, 0.25) is 0 Å². The van der Waals surface area contributed by atoms with Gasteiger partial charge >= 0.3 is 5.63 Å². The highest BCUT2D eigenvalue weighted by Crippen LogP contribution is 2.32. The lowest BCUT2D eigenvalue weighted by Crippen LogP contribution is -2.32. The lowest BCUT2D eigenvalue weighted by Gasteiger charge is -2.31. The van der Waals surface area contributed by atoms with Gasteiger partial charge in [-0.1, -0.05) is 24.3 Å². The van der Waals surface area contributed by atoms with Crippen molar-refractivity contribution in [3.05, 3.63) is 70.1 Å². The lowest BCUT2D eigenvalue weighted by atomic mass is 10.1. The first-order valence-corrected chi connectivity index (χ1v) is 7.71. The van der Waals surface area contributed by atoms with Gasteiger partial charge in [-0.05, 0) is 36.2 Å². The van der Waals surface area contributed by atoms with E-state index in [1.165, 1.54) is 0 Å². The van der Waals surface area contributed by atoms with Gasteiger partial charge < -0.3 is 14.1 Å². The number of aryl methyl sites for hydroxylation is 1. The first-order chi connectivity index (χ1) is 11.2. The number of fused-ring (bicyclic) bond motifs is 2. The zero-order chi connectivity index (χ0) is 15.8. The van der Waals surface area contributed by atoms with E-state index >= 15 is 0 Å². The quantitative estimate of drug-likeness (QED) is 0.680. The van der Waals surface area contributed by atoms with Crippen LogP contribution in [0, 0.1) is 6.92 Å². The Hall–Kier alpha value is -2.75. The number of ether oxygens (including phenoxy) is 1. The third-order valence-corrected chi connectivity index (χ3v) is 4.17. The number of hydrogen-bond donors (Lipinski definition) is 0. The lowest BCUT2D eigenvalue weighted by molar-refractivity contribution is 0.307. The van der Waals surface area contributed by atoms with Gasteiger partial charge in [0.15, 0.2) is 0 Å². The maximum Gasteiger partial charge on any atom is 0.336 e. The van der Waals surface area contributed by atoms with E-state index in [1.54, 1.807) is 6.07 Å². The summed E-state index contributed by atoms with van der Waals surface area (Å²) in [4.78, 5) is 14.1. The van der Waals surface area contributed by atoms with Crippen LogP contribution in [0.2, 0.25) is 0 Å². The van der Waals surface area contributed by atoms with E-state index in [1.807, 2.05) is 49.4 Å². The Kier molecular flexibility index (Phi) is 3.30. The number of rotatable bonds is 2. The molecule has 0 N–H and O–H groups in total.